The summed E-state index contributed by atoms with van der Waals surface area (Å²) in [4.78, 5) is -0.0633. The maximum atomic E-state index is 12.9. The van der Waals surface area contributed by atoms with E-state index in [1.165, 1.54) is 30.6 Å². The Labute approximate surface area is 146 Å². The van der Waals surface area contributed by atoms with Crippen LogP contribution in [0.3, 0.4) is 0 Å². The molecular formula is C16H17Cl2NO3S. The number of benzene rings is 2. The smallest absolute Gasteiger partial charge is 0.265 e. The minimum atomic E-state index is -3.84. The molecule has 0 atom stereocenters. The van der Waals surface area contributed by atoms with Crippen molar-refractivity contribution in [3.63, 3.8) is 0 Å². The SMILES string of the molecule is COc1ccc(S(=O)(=O)N(C)c2cc(C)cc(C)c2)c(Cl)c1Cl. The molecular weight excluding hydrogens is 357 g/mol. The van der Waals surface area contributed by atoms with Crippen LogP contribution in [0.4, 0.5) is 5.69 Å². The molecule has 0 amide bonds. The molecule has 0 N–H and O–H groups in total. The van der Waals surface area contributed by atoms with Gasteiger partial charge in [-0.3, -0.25) is 4.31 Å². The number of rotatable bonds is 4. The monoisotopic (exact) mass is 373 g/mol. The summed E-state index contributed by atoms with van der Waals surface area (Å²) < 4.78 is 32.0. The van der Waals surface area contributed by atoms with Crippen LogP contribution in [-0.4, -0.2) is 22.6 Å². The molecule has 0 fully saturated rings. The number of sulfonamides is 1. The molecule has 0 aliphatic carbocycles. The van der Waals surface area contributed by atoms with Gasteiger partial charge in [-0.1, -0.05) is 29.3 Å². The fraction of sp³-hybridized carbons (Fsp3) is 0.250. The standard InChI is InChI=1S/C16H17Cl2NO3S/c1-10-7-11(2)9-12(8-10)19(3)23(20,21)14-6-5-13(22-4)15(17)16(14)18/h5-9H,1-4H3. The minimum absolute atomic E-state index is 0.0535. The van der Waals surface area contributed by atoms with Crippen molar-refractivity contribution in [3.8, 4) is 5.75 Å². The van der Waals surface area contributed by atoms with E-state index in [0.29, 0.717) is 11.4 Å². The van der Waals surface area contributed by atoms with Gasteiger partial charge in [0.1, 0.15) is 15.7 Å². The van der Waals surface area contributed by atoms with E-state index in [0.717, 1.165) is 11.1 Å². The van der Waals surface area contributed by atoms with Crippen molar-refractivity contribution in [1.29, 1.82) is 0 Å². The van der Waals surface area contributed by atoms with Crippen LogP contribution in [0.15, 0.2) is 35.2 Å². The van der Waals surface area contributed by atoms with Gasteiger partial charge in [0.25, 0.3) is 10.0 Å². The van der Waals surface area contributed by atoms with Crippen LogP contribution < -0.4 is 9.04 Å². The molecule has 4 nitrogen and oxygen atoms in total. The summed E-state index contributed by atoms with van der Waals surface area (Å²) >= 11 is 12.2. The van der Waals surface area contributed by atoms with Gasteiger partial charge in [0.15, 0.2) is 0 Å². The number of halogens is 2. The molecule has 0 saturated heterocycles. The zero-order valence-corrected chi connectivity index (χ0v) is 15.6. The zero-order chi connectivity index (χ0) is 17.4. The first-order chi connectivity index (χ1) is 10.7. The quantitative estimate of drug-likeness (QED) is 0.795. The lowest BCUT2D eigenvalue weighted by atomic mass is 10.1. The number of methoxy groups -OCH3 is 1. The second-order valence-electron chi connectivity index (χ2n) is 5.21. The number of ether oxygens (including phenoxy) is 1. The van der Waals surface area contributed by atoms with Crippen molar-refractivity contribution in [2.75, 3.05) is 18.5 Å². The van der Waals surface area contributed by atoms with Crippen molar-refractivity contribution >= 4 is 38.9 Å². The van der Waals surface area contributed by atoms with Crippen LogP contribution in [0.5, 0.6) is 5.75 Å². The summed E-state index contributed by atoms with van der Waals surface area (Å²) in [6.07, 6.45) is 0. The predicted octanol–water partition coefficient (Wildman–Crippen LogP) is 4.44. The van der Waals surface area contributed by atoms with E-state index < -0.39 is 10.0 Å². The molecule has 0 spiro atoms. The third-order valence-electron chi connectivity index (χ3n) is 3.44. The Morgan fingerprint density at radius 2 is 1.57 bits per heavy atom. The van der Waals surface area contributed by atoms with Crippen molar-refractivity contribution in [1.82, 2.24) is 0 Å². The molecule has 7 heteroatoms. The van der Waals surface area contributed by atoms with Gasteiger partial charge in [-0.2, -0.15) is 0 Å². The molecule has 2 aromatic rings. The maximum Gasteiger partial charge on any atom is 0.265 e. The summed E-state index contributed by atoms with van der Waals surface area (Å²) in [6, 6.07) is 8.44. The van der Waals surface area contributed by atoms with Gasteiger partial charge in [-0.25, -0.2) is 8.42 Å². The van der Waals surface area contributed by atoms with Crippen LogP contribution in [-0.2, 0) is 10.0 Å². The summed E-state index contributed by atoms with van der Waals surface area (Å²) in [7, 11) is -0.920. The van der Waals surface area contributed by atoms with Crippen LogP contribution in [0.1, 0.15) is 11.1 Å². The van der Waals surface area contributed by atoms with E-state index in [9.17, 15) is 8.42 Å². The molecule has 23 heavy (non-hydrogen) atoms. The lowest BCUT2D eigenvalue weighted by molar-refractivity contribution is 0.414. The van der Waals surface area contributed by atoms with Gasteiger partial charge in [-0.05, 0) is 49.2 Å². The van der Waals surface area contributed by atoms with Crippen molar-refractivity contribution in [2.24, 2.45) is 0 Å². The topological polar surface area (TPSA) is 46.6 Å². The Bertz CT molecular complexity index is 830. The van der Waals surface area contributed by atoms with Crippen LogP contribution >= 0.6 is 23.2 Å². The van der Waals surface area contributed by atoms with E-state index in [1.807, 2.05) is 19.9 Å². The van der Waals surface area contributed by atoms with Crippen LogP contribution in [0, 0.1) is 13.8 Å². The maximum absolute atomic E-state index is 12.9. The van der Waals surface area contributed by atoms with Crippen molar-refractivity contribution in [2.45, 2.75) is 18.7 Å². The Kier molecular flexibility index (Phi) is 5.14. The first-order valence-corrected chi connectivity index (χ1v) is 8.97. The fourth-order valence-electron chi connectivity index (χ4n) is 2.29. The molecule has 0 saturated carbocycles. The number of aryl methyl sites for hydroxylation is 2. The van der Waals surface area contributed by atoms with E-state index >= 15 is 0 Å². The zero-order valence-electron chi connectivity index (χ0n) is 13.2. The number of anilines is 1. The average molecular weight is 374 g/mol. The largest absolute Gasteiger partial charge is 0.495 e. The van der Waals surface area contributed by atoms with Gasteiger partial charge in [0, 0.05) is 7.05 Å². The van der Waals surface area contributed by atoms with Gasteiger partial charge in [0.05, 0.1) is 17.8 Å². The molecule has 0 heterocycles. The second kappa shape index (κ2) is 6.59. The molecule has 2 rings (SSSR count). The lowest BCUT2D eigenvalue weighted by Gasteiger charge is -2.21. The molecule has 0 unspecified atom stereocenters. The Morgan fingerprint density at radius 1 is 1.00 bits per heavy atom. The predicted molar refractivity (Wildman–Crippen MR) is 94.5 cm³/mol. The summed E-state index contributed by atoms with van der Waals surface area (Å²) in [5.74, 6) is 0.324. The summed E-state index contributed by atoms with van der Waals surface area (Å²) in [5.41, 5.74) is 2.51. The summed E-state index contributed by atoms with van der Waals surface area (Å²) in [6.45, 7) is 3.82. The molecule has 124 valence electrons. The Morgan fingerprint density at radius 3 is 2.09 bits per heavy atom. The second-order valence-corrected chi connectivity index (χ2v) is 7.91. The highest BCUT2D eigenvalue weighted by Crippen LogP contribution is 2.38. The third kappa shape index (κ3) is 3.42. The molecule has 0 aromatic heterocycles. The van der Waals surface area contributed by atoms with E-state index in [2.05, 4.69) is 0 Å². The number of nitrogens with zero attached hydrogens (tertiary/aromatic N) is 1. The van der Waals surface area contributed by atoms with Crippen LogP contribution in [0.2, 0.25) is 10.0 Å². The van der Waals surface area contributed by atoms with E-state index in [4.69, 9.17) is 27.9 Å². The minimum Gasteiger partial charge on any atom is -0.495 e. The molecule has 0 bridgehead atoms. The first-order valence-electron chi connectivity index (χ1n) is 6.77. The van der Waals surface area contributed by atoms with E-state index in [-0.39, 0.29) is 14.9 Å². The van der Waals surface area contributed by atoms with Gasteiger partial charge in [-0.15, -0.1) is 0 Å². The highest BCUT2D eigenvalue weighted by atomic mass is 35.5. The lowest BCUT2D eigenvalue weighted by Crippen LogP contribution is -2.27. The number of hydrogen-bond donors (Lipinski definition) is 0. The molecule has 0 radical (unpaired) electrons. The summed E-state index contributed by atoms with van der Waals surface area (Å²) in [5, 5.41) is 0.0197. The van der Waals surface area contributed by atoms with Gasteiger partial charge >= 0.3 is 0 Å². The van der Waals surface area contributed by atoms with Crippen LogP contribution in [0.25, 0.3) is 0 Å². The van der Waals surface area contributed by atoms with Gasteiger partial charge < -0.3 is 4.74 Å². The van der Waals surface area contributed by atoms with Crippen molar-refractivity contribution in [3.05, 3.63) is 51.5 Å². The fourth-order valence-corrected chi connectivity index (χ4v) is 4.28. The molecule has 0 aliphatic rings. The average Bonchev–Trinajstić information content (AvgIpc) is 2.47. The normalized spacial score (nSPS) is 11.4. The van der Waals surface area contributed by atoms with E-state index in [1.54, 1.807) is 12.1 Å². The van der Waals surface area contributed by atoms with Gasteiger partial charge in [0.2, 0.25) is 0 Å². The Hall–Kier alpha value is -1.43. The molecule has 0 aliphatic heterocycles. The molecule has 2 aromatic carbocycles. The van der Waals surface area contributed by atoms with Crippen molar-refractivity contribution < 1.29 is 13.2 Å². The Balaban J connectivity index is 2.56. The number of hydrogen-bond acceptors (Lipinski definition) is 3. The highest BCUT2D eigenvalue weighted by Gasteiger charge is 2.26. The first kappa shape index (κ1) is 17.9. The third-order valence-corrected chi connectivity index (χ3v) is 6.24. The highest BCUT2D eigenvalue weighted by molar-refractivity contribution is 7.93.